The average molecular weight is 268 g/mol. The smallest absolute Gasteiger partial charge is 0.338 e. The molecule has 2 nitrogen and oxygen atoms in total. The maximum absolute atomic E-state index is 11.7. The second kappa shape index (κ2) is 8.16. The van der Waals surface area contributed by atoms with Gasteiger partial charge in [0.2, 0.25) is 0 Å². The van der Waals surface area contributed by atoms with Crippen LogP contribution in [0, 0.1) is 0 Å². The molecule has 20 heavy (non-hydrogen) atoms. The van der Waals surface area contributed by atoms with Crippen molar-refractivity contribution in [2.75, 3.05) is 6.61 Å². The van der Waals surface area contributed by atoms with Crippen LogP contribution in [0.1, 0.15) is 35.2 Å². The van der Waals surface area contributed by atoms with Crippen molar-refractivity contribution in [3.8, 4) is 0 Å². The normalized spacial score (nSPS) is 10.2. The molecule has 0 saturated carbocycles. The van der Waals surface area contributed by atoms with Crippen molar-refractivity contribution in [1.29, 1.82) is 0 Å². The summed E-state index contributed by atoms with van der Waals surface area (Å²) >= 11 is 0. The van der Waals surface area contributed by atoms with Gasteiger partial charge in [-0.05, 0) is 43.4 Å². The first-order valence-corrected chi connectivity index (χ1v) is 7.12. The fraction of sp³-hybridized carbons (Fsp3) is 0.278. The SMILES string of the molecule is O=C(OCCCCCc1ccccc1)c1ccccc1. The van der Waals surface area contributed by atoms with Gasteiger partial charge in [0.1, 0.15) is 0 Å². The summed E-state index contributed by atoms with van der Waals surface area (Å²) in [6.07, 6.45) is 4.22. The van der Waals surface area contributed by atoms with Gasteiger partial charge in [0.05, 0.1) is 12.2 Å². The van der Waals surface area contributed by atoms with E-state index in [1.165, 1.54) is 5.56 Å². The van der Waals surface area contributed by atoms with E-state index in [9.17, 15) is 4.79 Å². The fourth-order valence-electron chi connectivity index (χ4n) is 2.08. The Morgan fingerprint density at radius 3 is 2.15 bits per heavy atom. The third-order valence-corrected chi connectivity index (χ3v) is 3.20. The lowest BCUT2D eigenvalue weighted by atomic mass is 10.1. The quantitative estimate of drug-likeness (QED) is 0.554. The number of ether oxygens (including phenoxy) is 1. The van der Waals surface area contributed by atoms with Gasteiger partial charge in [-0.1, -0.05) is 48.5 Å². The van der Waals surface area contributed by atoms with Crippen LogP contribution in [0.25, 0.3) is 0 Å². The number of benzene rings is 2. The van der Waals surface area contributed by atoms with E-state index in [1.807, 2.05) is 24.3 Å². The minimum atomic E-state index is -0.228. The highest BCUT2D eigenvalue weighted by molar-refractivity contribution is 5.89. The summed E-state index contributed by atoms with van der Waals surface area (Å²) in [7, 11) is 0. The topological polar surface area (TPSA) is 26.3 Å². The lowest BCUT2D eigenvalue weighted by Gasteiger charge is -2.05. The number of hydrogen-bond acceptors (Lipinski definition) is 2. The van der Waals surface area contributed by atoms with Crippen molar-refractivity contribution in [1.82, 2.24) is 0 Å². The summed E-state index contributed by atoms with van der Waals surface area (Å²) < 4.78 is 5.24. The zero-order valence-corrected chi connectivity index (χ0v) is 11.6. The van der Waals surface area contributed by atoms with E-state index in [0.717, 1.165) is 25.7 Å². The molecular weight excluding hydrogens is 248 g/mol. The molecular formula is C18H20O2. The molecule has 0 aromatic heterocycles. The number of carbonyl (C=O) groups is 1. The fourth-order valence-corrected chi connectivity index (χ4v) is 2.08. The predicted molar refractivity (Wildman–Crippen MR) is 80.7 cm³/mol. The van der Waals surface area contributed by atoms with Crippen molar-refractivity contribution in [3.05, 3.63) is 71.8 Å². The molecule has 2 aromatic carbocycles. The average Bonchev–Trinajstić information content (AvgIpc) is 2.52. The van der Waals surface area contributed by atoms with Crippen LogP contribution in [0.4, 0.5) is 0 Å². The molecule has 0 amide bonds. The second-order valence-corrected chi connectivity index (χ2v) is 4.80. The van der Waals surface area contributed by atoms with Crippen LogP contribution in [0.5, 0.6) is 0 Å². The van der Waals surface area contributed by atoms with Crippen LogP contribution in [-0.2, 0) is 11.2 Å². The molecule has 0 radical (unpaired) electrons. The first-order valence-electron chi connectivity index (χ1n) is 7.12. The van der Waals surface area contributed by atoms with E-state index < -0.39 is 0 Å². The molecule has 0 spiro atoms. The molecule has 0 aliphatic rings. The van der Waals surface area contributed by atoms with Gasteiger partial charge in [-0.15, -0.1) is 0 Å². The molecule has 0 N–H and O–H groups in total. The Morgan fingerprint density at radius 2 is 1.45 bits per heavy atom. The van der Waals surface area contributed by atoms with Gasteiger partial charge in [0, 0.05) is 0 Å². The lowest BCUT2D eigenvalue weighted by molar-refractivity contribution is 0.0498. The molecule has 2 aromatic rings. The molecule has 0 bridgehead atoms. The summed E-state index contributed by atoms with van der Waals surface area (Å²) in [4.78, 5) is 11.7. The summed E-state index contributed by atoms with van der Waals surface area (Å²) in [5.74, 6) is -0.228. The van der Waals surface area contributed by atoms with Crippen molar-refractivity contribution in [3.63, 3.8) is 0 Å². The molecule has 0 aliphatic heterocycles. The van der Waals surface area contributed by atoms with E-state index in [4.69, 9.17) is 4.74 Å². The van der Waals surface area contributed by atoms with E-state index in [1.54, 1.807) is 12.1 Å². The summed E-state index contributed by atoms with van der Waals surface area (Å²) in [6.45, 7) is 0.502. The molecule has 0 atom stereocenters. The Kier molecular flexibility index (Phi) is 5.84. The third kappa shape index (κ3) is 4.88. The lowest BCUT2D eigenvalue weighted by Crippen LogP contribution is -2.06. The number of unbranched alkanes of at least 4 members (excludes halogenated alkanes) is 2. The number of esters is 1. The maximum atomic E-state index is 11.7. The largest absolute Gasteiger partial charge is 0.462 e. The Morgan fingerprint density at radius 1 is 0.800 bits per heavy atom. The van der Waals surface area contributed by atoms with Crippen molar-refractivity contribution < 1.29 is 9.53 Å². The molecule has 0 aliphatic carbocycles. The molecule has 0 heterocycles. The van der Waals surface area contributed by atoms with E-state index >= 15 is 0 Å². The van der Waals surface area contributed by atoms with Crippen LogP contribution in [0.3, 0.4) is 0 Å². The molecule has 2 rings (SSSR count). The Hall–Kier alpha value is -2.09. The van der Waals surface area contributed by atoms with Crippen molar-refractivity contribution in [2.45, 2.75) is 25.7 Å². The van der Waals surface area contributed by atoms with Crippen LogP contribution in [-0.4, -0.2) is 12.6 Å². The maximum Gasteiger partial charge on any atom is 0.338 e. The number of aryl methyl sites for hydroxylation is 1. The van der Waals surface area contributed by atoms with Crippen LogP contribution in [0.2, 0.25) is 0 Å². The first kappa shape index (κ1) is 14.3. The van der Waals surface area contributed by atoms with Crippen LogP contribution < -0.4 is 0 Å². The highest BCUT2D eigenvalue weighted by Crippen LogP contribution is 2.07. The van der Waals surface area contributed by atoms with Gasteiger partial charge in [0.15, 0.2) is 0 Å². The third-order valence-electron chi connectivity index (χ3n) is 3.20. The first-order chi connectivity index (χ1) is 9.86. The monoisotopic (exact) mass is 268 g/mol. The molecule has 0 unspecified atom stereocenters. The Balaban J connectivity index is 1.57. The minimum absolute atomic E-state index is 0.228. The van der Waals surface area contributed by atoms with Gasteiger partial charge < -0.3 is 4.74 Å². The van der Waals surface area contributed by atoms with Gasteiger partial charge in [0.25, 0.3) is 0 Å². The molecule has 104 valence electrons. The standard InChI is InChI=1S/C18H20O2/c19-18(17-13-7-2-8-14-17)20-15-9-3-6-12-16-10-4-1-5-11-16/h1-2,4-5,7-8,10-11,13-14H,3,6,9,12,15H2. The van der Waals surface area contributed by atoms with Crippen LogP contribution >= 0.6 is 0 Å². The molecule has 0 fully saturated rings. The number of hydrogen-bond donors (Lipinski definition) is 0. The van der Waals surface area contributed by atoms with E-state index in [2.05, 4.69) is 24.3 Å². The molecule has 0 saturated heterocycles. The number of rotatable bonds is 7. The summed E-state index contributed by atoms with van der Waals surface area (Å²) in [6, 6.07) is 19.6. The Labute approximate surface area is 120 Å². The highest BCUT2D eigenvalue weighted by Gasteiger charge is 2.04. The van der Waals surface area contributed by atoms with Crippen molar-refractivity contribution >= 4 is 5.97 Å². The zero-order chi connectivity index (χ0) is 14.0. The van der Waals surface area contributed by atoms with E-state index in [0.29, 0.717) is 12.2 Å². The van der Waals surface area contributed by atoms with E-state index in [-0.39, 0.29) is 5.97 Å². The van der Waals surface area contributed by atoms with Gasteiger partial charge in [-0.25, -0.2) is 4.79 Å². The summed E-state index contributed by atoms with van der Waals surface area (Å²) in [5, 5.41) is 0. The van der Waals surface area contributed by atoms with Gasteiger partial charge in [-0.2, -0.15) is 0 Å². The van der Waals surface area contributed by atoms with Gasteiger partial charge >= 0.3 is 5.97 Å². The summed E-state index contributed by atoms with van der Waals surface area (Å²) in [5.41, 5.74) is 1.99. The zero-order valence-electron chi connectivity index (χ0n) is 11.6. The van der Waals surface area contributed by atoms with Gasteiger partial charge in [-0.3, -0.25) is 0 Å². The van der Waals surface area contributed by atoms with Crippen molar-refractivity contribution in [2.24, 2.45) is 0 Å². The van der Waals surface area contributed by atoms with Crippen LogP contribution in [0.15, 0.2) is 60.7 Å². The highest BCUT2D eigenvalue weighted by atomic mass is 16.5. The minimum Gasteiger partial charge on any atom is -0.462 e. The number of carbonyl (C=O) groups excluding carboxylic acids is 1. The molecule has 2 heteroatoms. The second-order valence-electron chi connectivity index (χ2n) is 4.80. The Bertz CT molecular complexity index is 505. The predicted octanol–water partition coefficient (Wildman–Crippen LogP) is 4.26.